The van der Waals surface area contributed by atoms with Crippen LogP contribution in [0.25, 0.3) is 0 Å². The molecule has 1 fully saturated rings. The summed E-state index contributed by atoms with van der Waals surface area (Å²) >= 11 is 0. The summed E-state index contributed by atoms with van der Waals surface area (Å²) < 4.78 is 34.3. The summed E-state index contributed by atoms with van der Waals surface area (Å²) in [6, 6.07) is 11.2. The van der Waals surface area contributed by atoms with Crippen LogP contribution in [-0.4, -0.2) is 33.6 Å². The van der Waals surface area contributed by atoms with Crippen molar-refractivity contribution < 1.29 is 22.7 Å². The number of benzene rings is 2. The van der Waals surface area contributed by atoms with E-state index in [2.05, 4.69) is 5.32 Å². The normalized spacial score (nSPS) is 16.9. The summed E-state index contributed by atoms with van der Waals surface area (Å²) in [4.78, 5) is 12.5. The highest BCUT2D eigenvalue weighted by atomic mass is 32.2. The Bertz CT molecular complexity index is 937. The van der Waals surface area contributed by atoms with Gasteiger partial charge in [-0.25, -0.2) is 13.6 Å². The zero-order valence-electron chi connectivity index (χ0n) is 15.0. The van der Waals surface area contributed by atoms with Gasteiger partial charge < -0.3 is 14.8 Å². The second kappa shape index (κ2) is 8.08. The monoisotopic (exact) mass is 390 g/mol. The molecule has 27 heavy (non-hydrogen) atoms. The molecule has 1 atom stereocenters. The van der Waals surface area contributed by atoms with Gasteiger partial charge >= 0.3 is 0 Å². The summed E-state index contributed by atoms with van der Waals surface area (Å²) in [6.07, 6.45) is 2.13. The molecule has 1 heterocycles. The minimum Gasteiger partial charge on any atom is -0.491 e. The highest BCUT2D eigenvalue weighted by Crippen LogP contribution is 2.21. The largest absolute Gasteiger partial charge is 0.491 e. The predicted molar refractivity (Wildman–Crippen MR) is 101 cm³/mol. The number of carbonyl (C=O) groups excluding carboxylic acids is 1. The molecule has 1 aliphatic rings. The van der Waals surface area contributed by atoms with Gasteiger partial charge in [0, 0.05) is 23.9 Å². The van der Waals surface area contributed by atoms with Crippen molar-refractivity contribution in [2.75, 3.05) is 18.5 Å². The number of hydrogen-bond donors (Lipinski definition) is 2. The molecule has 1 aliphatic heterocycles. The van der Waals surface area contributed by atoms with Crippen LogP contribution in [0.15, 0.2) is 47.4 Å². The van der Waals surface area contributed by atoms with E-state index in [-0.39, 0.29) is 16.6 Å². The third-order valence-corrected chi connectivity index (χ3v) is 5.24. The van der Waals surface area contributed by atoms with E-state index >= 15 is 0 Å². The number of primary sulfonamides is 1. The maximum Gasteiger partial charge on any atom is 0.255 e. The molecule has 7 nitrogen and oxygen atoms in total. The number of carbonyl (C=O) groups is 1. The molecule has 0 bridgehead atoms. The zero-order valence-corrected chi connectivity index (χ0v) is 15.8. The average molecular weight is 390 g/mol. The topological polar surface area (TPSA) is 108 Å². The Hall–Kier alpha value is -2.42. The summed E-state index contributed by atoms with van der Waals surface area (Å²) in [6.45, 7) is 2.96. The summed E-state index contributed by atoms with van der Waals surface area (Å²) in [7, 11) is -3.88. The first-order chi connectivity index (χ1) is 12.8. The summed E-state index contributed by atoms with van der Waals surface area (Å²) in [5.41, 5.74) is 1.43. The van der Waals surface area contributed by atoms with Crippen LogP contribution in [-0.2, 0) is 14.8 Å². The van der Waals surface area contributed by atoms with Crippen molar-refractivity contribution in [3.8, 4) is 5.75 Å². The van der Waals surface area contributed by atoms with Crippen molar-refractivity contribution in [3.05, 3.63) is 53.6 Å². The highest BCUT2D eigenvalue weighted by molar-refractivity contribution is 7.89. The molecule has 0 saturated carbocycles. The van der Waals surface area contributed by atoms with Crippen molar-refractivity contribution in [1.82, 2.24) is 0 Å². The van der Waals surface area contributed by atoms with E-state index in [9.17, 15) is 13.2 Å². The van der Waals surface area contributed by atoms with Crippen molar-refractivity contribution in [2.24, 2.45) is 5.14 Å². The second-order valence-electron chi connectivity index (χ2n) is 6.45. The number of rotatable bonds is 6. The Morgan fingerprint density at radius 1 is 1.30 bits per heavy atom. The fourth-order valence-electron chi connectivity index (χ4n) is 2.85. The van der Waals surface area contributed by atoms with Gasteiger partial charge in [0.05, 0.1) is 11.0 Å². The van der Waals surface area contributed by atoms with Gasteiger partial charge in [-0.15, -0.1) is 0 Å². The van der Waals surface area contributed by atoms with Crippen LogP contribution in [0.5, 0.6) is 5.75 Å². The quantitative estimate of drug-likeness (QED) is 0.788. The van der Waals surface area contributed by atoms with Crippen LogP contribution in [0.2, 0.25) is 0 Å². The lowest BCUT2D eigenvalue weighted by Gasteiger charge is -2.13. The van der Waals surface area contributed by atoms with Gasteiger partial charge in [0.15, 0.2) is 0 Å². The number of hydrogen-bond acceptors (Lipinski definition) is 5. The van der Waals surface area contributed by atoms with E-state index in [1.807, 2.05) is 0 Å². The average Bonchev–Trinajstić information content (AvgIpc) is 3.13. The molecule has 144 valence electrons. The number of nitrogens with two attached hydrogens (primary N) is 1. The predicted octanol–water partition coefficient (Wildman–Crippen LogP) is 2.45. The lowest BCUT2D eigenvalue weighted by Crippen LogP contribution is -2.17. The Morgan fingerprint density at radius 3 is 2.81 bits per heavy atom. The first kappa shape index (κ1) is 19.3. The minimum atomic E-state index is -3.88. The third-order valence-electron chi connectivity index (χ3n) is 4.33. The summed E-state index contributed by atoms with van der Waals surface area (Å²) in [5, 5.41) is 7.91. The molecule has 0 aromatic heterocycles. The molecule has 0 spiro atoms. The number of ether oxygens (including phenoxy) is 2. The van der Waals surface area contributed by atoms with E-state index in [0.29, 0.717) is 23.6 Å². The van der Waals surface area contributed by atoms with Gasteiger partial charge in [-0.1, -0.05) is 12.1 Å². The van der Waals surface area contributed by atoms with Crippen LogP contribution in [0, 0.1) is 6.92 Å². The van der Waals surface area contributed by atoms with Crippen LogP contribution in [0.1, 0.15) is 28.8 Å². The molecule has 8 heteroatoms. The molecular formula is C19H22N2O5S. The van der Waals surface area contributed by atoms with Crippen LogP contribution in [0.3, 0.4) is 0 Å². The Balaban J connectivity index is 1.71. The molecule has 1 unspecified atom stereocenters. The number of nitrogens with one attached hydrogen (secondary N) is 1. The first-order valence-electron chi connectivity index (χ1n) is 8.62. The molecular weight excluding hydrogens is 368 g/mol. The number of anilines is 1. The molecule has 2 aromatic carbocycles. The molecule has 2 aromatic rings. The maximum atomic E-state index is 12.6. The lowest BCUT2D eigenvalue weighted by atomic mass is 10.1. The molecule has 3 N–H and O–H groups in total. The first-order valence-corrected chi connectivity index (χ1v) is 10.2. The SMILES string of the molecule is Cc1ccc(S(N)(=O)=O)cc1C(=O)Nc1cccc(OCC2CCCO2)c1. The number of sulfonamides is 1. The third kappa shape index (κ3) is 5.06. The lowest BCUT2D eigenvalue weighted by molar-refractivity contribution is 0.0680. The van der Waals surface area contributed by atoms with Crippen LogP contribution < -0.4 is 15.2 Å². The second-order valence-corrected chi connectivity index (χ2v) is 8.01. The fourth-order valence-corrected chi connectivity index (χ4v) is 3.39. The number of amides is 1. The molecule has 3 rings (SSSR count). The molecule has 0 aliphatic carbocycles. The van der Waals surface area contributed by atoms with Gasteiger partial charge in [0.25, 0.3) is 5.91 Å². The van der Waals surface area contributed by atoms with Crippen molar-refractivity contribution >= 4 is 21.6 Å². The van der Waals surface area contributed by atoms with E-state index in [4.69, 9.17) is 14.6 Å². The van der Waals surface area contributed by atoms with Gasteiger partial charge in [-0.3, -0.25) is 4.79 Å². The van der Waals surface area contributed by atoms with Crippen LogP contribution >= 0.6 is 0 Å². The van der Waals surface area contributed by atoms with Gasteiger partial charge in [0.2, 0.25) is 10.0 Å². The molecule has 1 saturated heterocycles. The van der Waals surface area contributed by atoms with E-state index < -0.39 is 15.9 Å². The Morgan fingerprint density at radius 2 is 2.11 bits per heavy atom. The van der Waals surface area contributed by atoms with Gasteiger partial charge in [-0.2, -0.15) is 0 Å². The van der Waals surface area contributed by atoms with Crippen molar-refractivity contribution in [1.29, 1.82) is 0 Å². The Kier molecular flexibility index (Phi) is 5.79. The minimum absolute atomic E-state index is 0.104. The fraction of sp³-hybridized carbons (Fsp3) is 0.316. The summed E-state index contributed by atoms with van der Waals surface area (Å²) in [5.74, 6) is 0.201. The molecule has 1 amide bonds. The van der Waals surface area contributed by atoms with Gasteiger partial charge in [-0.05, 0) is 49.6 Å². The zero-order chi connectivity index (χ0) is 19.4. The van der Waals surface area contributed by atoms with E-state index in [1.54, 1.807) is 37.3 Å². The smallest absolute Gasteiger partial charge is 0.255 e. The standard InChI is InChI=1S/C19H22N2O5S/c1-13-7-8-17(27(20,23)24)11-18(13)19(22)21-14-4-2-5-15(10-14)26-12-16-6-3-9-25-16/h2,4-5,7-8,10-11,16H,3,6,9,12H2,1H3,(H,21,22)(H2,20,23,24). The highest BCUT2D eigenvalue weighted by Gasteiger charge is 2.17. The van der Waals surface area contributed by atoms with E-state index in [0.717, 1.165) is 19.4 Å². The van der Waals surface area contributed by atoms with E-state index in [1.165, 1.54) is 12.1 Å². The molecule has 0 radical (unpaired) electrons. The number of aryl methyl sites for hydroxylation is 1. The maximum absolute atomic E-state index is 12.6. The van der Waals surface area contributed by atoms with Gasteiger partial charge in [0.1, 0.15) is 12.4 Å². The van der Waals surface area contributed by atoms with Crippen LogP contribution in [0.4, 0.5) is 5.69 Å². The van der Waals surface area contributed by atoms with Crippen molar-refractivity contribution in [3.63, 3.8) is 0 Å². The Labute approximate surface area is 158 Å². The van der Waals surface area contributed by atoms with Crippen molar-refractivity contribution in [2.45, 2.75) is 30.8 Å².